The number of unbranched alkanes of at least 4 members (excludes halogenated alkanes) is 23. The summed E-state index contributed by atoms with van der Waals surface area (Å²) in [6.45, 7) is 6.35. The Hall–Kier alpha value is -3.93. The number of ether oxygens (including phenoxy) is 3. The molecule has 0 aliphatic heterocycles. The maximum atomic E-state index is 12.9. The van der Waals surface area contributed by atoms with E-state index in [4.69, 9.17) is 14.2 Å². The Morgan fingerprint density at radius 2 is 0.577 bits per heavy atom. The lowest BCUT2D eigenvalue weighted by Gasteiger charge is -2.18. The van der Waals surface area contributed by atoms with Crippen molar-refractivity contribution in [1.29, 1.82) is 0 Å². The van der Waals surface area contributed by atoms with E-state index in [1.165, 1.54) is 103 Å². The van der Waals surface area contributed by atoms with E-state index in [2.05, 4.69) is 124 Å². The van der Waals surface area contributed by atoms with Crippen LogP contribution in [0.5, 0.6) is 0 Å². The molecule has 1 atom stereocenters. The predicted molar refractivity (Wildman–Crippen MR) is 307 cm³/mol. The van der Waals surface area contributed by atoms with Gasteiger partial charge in [-0.2, -0.15) is 0 Å². The number of esters is 3. The zero-order valence-corrected chi connectivity index (χ0v) is 46.2. The molecule has 0 fully saturated rings. The first kappa shape index (κ1) is 67.1. The minimum atomic E-state index is -0.817. The summed E-state index contributed by atoms with van der Waals surface area (Å²) < 4.78 is 16.8. The van der Waals surface area contributed by atoms with Gasteiger partial charge in [-0.1, -0.05) is 265 Å². The van der Waals surface area contributed by atoms with Crippen molar-refractivity contribution in [1.82, 2.24) is 0 Å². The summed E-state index contributed by atoms with van der Waals surface area (Å²) in [6, 6.07) is 0. The average molecular weight is 986 g/mol. The average Bonchev–Trinajstić information content (AvgIpc) is 3.37. The lowest BCUT2D eigenvalue weighted by atomic mass is 10.0. The molecule has 0 bridgehead atoms. The highest BCUT2D eigenvalue weighted by molar-refractivity contribution is 5.71. The molecule has 71 heavy (non-hydrogen) atoms. The Morgan fingerprint density at radius 3 is 0.944 bits per heavy atom. The zero-order valence-electron chi connectivity index (χ0n) is 46.2. The number of carbonyl (C=O) groups excluding carboxylic acids is 3. The lowest BCUT2D eigenvalue weighted by molar-refractivity contribution is -0.166. The molecule has 0 aliphatic carbocycles. The van der Waals surface area contributed by atoms with Gasteiger partial charge in [-0.3, -0.25) is 14.4 Å². The van der Waals surface area contributed by atoms with Crippen LogP contribution in [-0.2, 0) is 28.6 Å². The standard InChI is InChI=1S/C65H108O6/c1-4-7-10-13-16-19-22-25-28-30-32-34-37-40-43-46-49-52-55-58-64(67)70-61-62(60-69-63(66)57-54-51-48-45-42-39-36-27-24-21-18-15-12-9-6-3)71-65(68)59-56-53-50-47-44-41-38-35-33-31-29-26-23-20-17-14-11-8-5-2/h7,9-10,12,16,18-19,21,25,27-28,32,34,36,40,43,49,52,62H,4-6,8,11,13-15,17,20,22-24,26,29-31,33,35,37-39,41-42,44-48,50-51,53-61H2,1-3H3/b10-7-,12-9-,19-16-,21-18-,28-25-,34-32-,36-27-,43-40-,52-49-. The van der Waals surface area contributed by atoms with Crippen molar-refractivity contribution in [2.45, 2.75) is 271 Å². The van der Waals surface area contributed by atoms with Gasteiger partial charge in [-0.15, -0.1) is 0 Å². The second-order valence-corrected chi connectivity index (χ2v) is 19.1. The van der Waals surface area contributed by atoms with Crippen molar-refractivity contribution >= 4 is 17.9 Å². The van der Waals surface area contributed by atoms with Gasteiger partial charge < -0.3 is 14.2 Å². The van der Waals surface area contributed by atoms with Crippen LogP contribution < -0.4 is 0 Å². The maximum Gasteiger partial charge on any atom is 0.306 e. The molecule has 1 unspecified atom stereocenters. The fraction of sp³-hybridized carbons (Fsp3) is 0.677. The number of allylic oxidation sites excluding steroid dienone is 18. The van der Waals surface area contributed by atoms with Gasteiger partial charge in [0.1, 0.15) is 13.2 Å². The van der Waals surface area contributed by atoms with Gasteiger partial charge in [0.25, 0.3) is 0 Å². The Kier molecular flexibility index (Phi) is 55.4. The van der Waals surface area contributed by atoms with Gasteiger partial charge in [-0.25, -0.2) is 0 Å². The molecule has 0 aromatic carbocycles. The van der Waals surface area contributed by atoms with Crippen molar-refractivity contribution < 1.29 is 28.6 Å². The van der Waals surface area contributed by atoms with Crippen LogP contribution in [-0.4, -0.2) is 37.2 Å². The number of hydrogen-bond donors (Lipinski definition) is 0. The van der Waals surface area contributed by atoms with Gasteiger partial charge in [-0.05, 0) is 89.9 Å². The molecule has 0 spiro atoms. The third kappa shape index (κ3) is 56.9. The second kappa shape index (κ2) is 58.6. The van der Waals surface area contributed by atoms with Crippen LogP contribution in [0.3, 0.4) is 0 Å². The summed E-state index contributed by atoms with van der Waals surface area (Å²) in [7, 11) is 0. The molecule has 0 rings (SSSR count). The molecule has 0 amide bonds. The molecule has 0 heterocycles. The zero-order chi connectivity index (χ0) is 51.4. The van der Waals surface area contributed by atoms with E-state index in [-0.39, 0.29) is 37.5 Å². The summed E-state index contributed by atoms with van der Waals surface area (Å²) in [5.74, 6) is -1.01. The molecular formula is C65H108O6. The molecule has 0 radical (unpaired) electrons. The largest absolute Gasteiger partial charge is 0.462 e. The predicted octanol–water partition coefficient (Wildman–Crippen LogP) is 19.9. The molecule has 6 nitrogen and oxygen atoms in total. The highest BCUT2D eigenvalue weighted by Gasteiger charge is 2.19. The quantitative estimate of drug-likeness (QED) is 0.0261. The van der Waals surface area contributed by atoms with E-state index in [1.807, 2.05) is 6.08 Å². The smallest absolute Gasteiger partial charge is 0.306 e. The summed E-state index contributed by atoms with van der Waals surface area (Å²) in [6.07, 6.45) is 79.5. The van der Waals surface area contributed by atoms with Gasteiger partial charge in [0.15, 0.2) is 6.10 Å². The molecular weight excluding hydrogens is 877 g/mol. The highest BCUT2D eigenvalue weighted by Crippen LogP contribution is 2.16. The van der Waals surface area contributed by atoms with E-state index in [1.54, 1.807) is 0 Å². The second-order valence-electron chi connectivity index (χ2n) is 19.1. The first-order chi connectivity index (χ1) is 35.0. The Labute approximate surface area is 438 Å². The molecule has 0 saturated carbocycles. The fourth-order valence-electron chi connectivity index (χ4n) is 7.95. The molecule has 0 saturated heterocycles. The van der Waals surface area contributed by atoms with Crippen molar-refractivity contribution in [2.75, 3.05) is 13.2 Å². The molecule has 404 valence electrons. The van der Waals surface area contributed by atoms with Crippen molar-refractivity contribution in [2.24, 2.45) is 0 Å². The van der Waals surface area contributed by atoms with E-state index in [0.717, 1.165) is 116 Å². The van der Waals surface area contributed by atoms with Crippen LogP contribution in [0.2, 0.25) is 0 Å². The first-order valence-electron chi connectivity index (χ1n) is 29.4. The number of rotatable bonds is 52. The normalized spacial score (nSPS) is 12.9. The van der Waals surface area contributed by atoms with E-state index < -0.39 is 6.10 Å². The molecule has 0 aliphatic rings. The monoisotopic (exact) mass is 985 g/mol. The van der Waals surface area contributed by atoms with E-state index >= 15 is 0 Å². The van der Waals surface area contributed by atoms with Gasteiger partial charge in [0.05, 0.1) is 0 Å². The van der Waals surface area contributed by atoms with E-state index in [9.17, 15) is 14.4 Å². The van der Waals surface area contributed by atoms with E-state index in [0.29, 0.717) is 19.3 Å². The van der Waals surface area contributed by atoms with Crippen LogP contribution in [0, 0.1) is 0 Å². The van der Waals surface area contributed by atoms with Gasteiger partial charge >= 0.3 is 17.9 Å². The third-order valence-electron chi connectivity index (χ3n) is 12.3. The van der Waals surface area contributed by atoms with Crippen molar-refractivity contribution in [3.05, 3.63) is 109 Å². The van der Waals surface area contributed by atoms with Crippen LogP contribution >= 0.6 is 0 Å². The summed E-state index contributed by atoms with van der Waals surface area (Å²) in [5, 5.41) is 0. The van der Waals surface area contributed by atoms with Gasteiger partial charge in [0, 0.05) is 19.3 Å². The van der Waals surface area contributed by atoms with Gasteiger partial charge in [0.2, 0.25) is 0 Å². The first-order valence-corrected chi connectivity index (χ1v) is 29.4. The minimum absolute atomic E-state index is 0.110. The van der Waals surface area contributed by atoms with Crippen LogP contribution in [0.1, 0.15) is 265 Å². The maximum absolute atomic E-state index is 12.9. The third-order valence-corrected chi connectivity index (χ3v) is 12.3. The summed E-state index contributed by atoms with van der Waals surface area (Å²) >= 11 is 0. The SMILES string of the molecule is CC/C=C\C/C=C\C/C=C\C/C=C\C/C=C\C/C=C\CCC(=O)OCC(COC(=O)CCCCCCC/C=C\C/C=C\C/C=C\CC)OC(=O)CCCCCCCCCCCCCCCCCCCCC. The summed E-state index contributed by atoms with van der Waals surface area (Å²) in [4.78, 5) is 38.2. The van der Waals surface area contributed by atoms with Crippen molar-refractivity contribution in [3.63, 3.8) is 0 Å². The highest BCUT2D eigenvalue weighted by atomic mass is 16.6. The number of hydrogen-bond acceptors (Lipinski definition) is 6. The Bertz CT molecular complexity index is 1460. The Morgan fingerprint density at radius 1 is 0.296 bits per heavy atom. The lowest BCUT2D eigenvalue weighted by Crippen LogP contribution is -2.30. The molecule has 0 aromatic heterocycles. The van der Waals surface area contributed by atoms with Crippen LogP contribution in [0.4, 0.5) is 0 Å². The molecule has 0 N–H and O–H groups in total. The minimum Gasteiger partial charge on any atom is -0.462 e. The topological polar surface area (TPSA) is 78.9 Å². The van der Waals surface area contributed by atoms with Crippen molar-refractivity contribution in [3.8, 4) is 0 Å². The van der Waals surface area contributed by atoms with Crippen LogP contribution in [0.15, 0.2) is 109 Å². The Balaban J connectivity index is 4.50. The molecule has 6 heteroatoms. The number of carbonyl (C=O) groups is 3. The fourth-order valence-corrected chi connectivity index (χ4v) is 7.95. The summed E-state index contributed by atoms with van der Waals surface area (Å²) in [5.41, 5.74) is 0. The molecule has 0 aromatic rings. The van der Waals surface area contributed by atoms with Crippen LogP contribution in [0.25, 0.3) is 0 Å².